The van der Waals surface area contributed by atoms with E-state index in [-0.39, 0.29) is 19.1 Å². The summed E-state index contributed by atoms with van der Waals surface area (Å²) in [6.45, 7) is 5.85. The normalized spacial score (nSPS) is 14.6. The fourth-order valence-electron chi connectivity index (χ4n) is 2.97. The van der Waals surface area contributed by atoms with Crippen LogP contribution in [-0.4, -0.2) is 37.4 Å². The minimum Gasteiger partial charge on any atom is -0.490 e. The van der Waals surface area contributed by atoms with Crippen LogP contribution < -0.4 is 14.5 Å². The fourth-order valence-corrected chi connectivity index (χ4v) is 3.40. The summed E-state index contributed by atoms with van der Waals surface area (Å²) in [6, 6.07) is 12.7. The maximum Gasteiger partial charge on any atom is 0.344 e. The van der Waals surface area contributed by atoms with E-state index >= 15 is 0 Å². The lowest BCUT2D eigenvalue weighted by Gasteiger charge is -2.14. The number of hydrogen-bond donors (Lipinski definition) is 0. The molecule has 7 nitrogen and oxygen atoms in total. The second-order valence-electron chi connectivity index (χ2n) is 6.54. The van der Waals surface area contributed by atoms with Crippen LogP contribution >= 0.6 is 15.9 Å². The Morgan fingerprint density at radius 1 is 1.10 bits per heavy atom. The molecule has 1 aliphatic heterocycles. The molecular formula is C23H23BrN2O5. The van der Waals surface area contributed by atoms with Gasteiger partial charge in [-0.1, -0.05) is 34.1 Å². The Kier molecular flexibility index (Phi) is 7.46. The first-order valence-electron chi connectivity index (χ1n) is 9.86. The Bertz CT molecular complexity index is 1030. The Morgan fingerprint density at radius 3 is 2.48 bits per heavy atom. The van der Waals surface area contributed by atoms with Crippen LogP contribution in [0.1, 0.15) is 26.3 Å². The number of para-hydroxylation sites is 1. The largest absolute Gasteiger partial charge is 0.490 e. The molecule has 0 atom stereocenters. The second kappa shape index (κ2) is 10.3. The van der Waals surface area contributed by atoms with Gasteiger partial charge in [-0.2, -0.15) is 10.1 Å². The first-order valence-corrected chi connectivity index (χ1v) is 10.6. The molecule has 2 aromatic carbocycles. The Morgan fingerprint density at radius 2 is 1.81 bits per heavy atom. The number of carbonyl (C=O) groups excluding carboxylic acids is 2. The lowest BCUT2D eigenvalue weighted by Crippen LogP contribution is -2.21. The number of amides is 1. The predicted molar refractivity (Wildman–Crippen MR) is 122 cm³/mol. The molecule has 0 aromatic heterocycles. The number of hydrazone groups is 1. The fraction of sp³-hybridized carbons (Fsp3) is 0.261. The van der Waals surface area contributed by atoms with E-state index in [1.807, 2.05) is 37.3 Å². The van der Waals surface area contributed by atoms with Crippen molar-refractivity contribution in [2.45, 2.75) is 20.8 Å². The summed E-state index contributed by atoms with van der Waals surface area (Å²) < 4.78 is 16.8. The molecule has 0 saturated carbocycles. The van der Waals surface area contributed by atoms with Crippen LogP contribution in [0.3, 0.4) is 0 Å². The van der Waals surface area contributed by atoms with Gasteiger partial charge in [0, 0.05) is 4.47 Å². The molecule has 1 amide bonds. The average molecular weight is 487 g/mol. The number of esters is 1. The maximum atomic E-state index is 13.0. The molecule has 0 fully saturated rings. The molecule has 162 valence electrons. The Labute approximate surface area is 189 Å². The molecule has 0 saturated heterocycles. The zero-order chi connectivity index (χ0) is 22.4. The molecule has 8 heteroatoms. The van der Waals surface area contributed by atoms with E-state index in [4.69, 9.17) is 14.2 Å². The third kappa shape index (κ3) is 5.32. The third-order valence-electron chi connectivity index (χ3n) is 4.38. The van der Waals surface area contributed by atoms with Crippen molar-refractivity contribution < 1.29 is 23.8 Å². The molecular weight excluding hydrogens is 464 g/mol. The molecule has 0 N–H and O–H groups in total. The van der Waals surface area contributed by atoms with Crippen molar-refractivity contribution in [3.05, 3.63) is 58.1 Å². The Hall–Kier alpha value is -3.13. The number of rotatable bonds is 8. The van der Waals surface area contributed by atoms with Crippen LogP contribution in [0.4, 0.5) is 5.69 Å². The maximum absolute atomic E-state index is 13.0. The topological polar surface area (TPSA) is 77.4 Å². The number of benzene rings is 2. The second-order valence-corrected chi connectivity index (χ2v) is 7.40. The lowest BCUT2D eigenvalue weighted by atomic mass is 10.1. The predicted octanol–water partition coefficient (Wildman–Crippen LogP) is 4.60. The van der Waals surface area contributed by atoms with E-state index < -0.39 is 5.97 Å². The number of halogens is 1. The van der Waals surface area contributed by atoms with Crippen molar-refractivity contribution >= 4 is 45.3 Å². The van der Waals surface area contributed by atoms with Crippen molar-refractivity contribution in [3.63, 3.8) is 0 Å². The standard InChI is InChI=1S/C23H23BrN2O5/c1-4-29-20-12-16(19(24)13-21(20)31-14-22(27)30-5-2)11-18-15(3)25-26(23(18)28)17-9-7-6-8-10-17/h6-13H,4-5,14H2,1-3H3/b18-11-. The van der Waals surface area contributed by atoms with Gasteiger partial charge in [-0.05, 0) is 56.7 Å². The van der Waals surface area contributed by atoms with Crippen LogP contribution in [0.15, 0.2) is 57.6 Å². The summed E-state index contributed by atoms with van der Waals surface area (Å²) in [6.07, 6.45) is 1.76. The third-order valence-corrected chi connectivity index (χ3v) is 5.06. The van der Waals surface area contributed by atoms with Gasteiger partial charge in [0.15, 0.2) is 18.1 Å². The molecule has 3 rings (SSSR count). The van der Waals surface area contributed by atoms with Gasteiger partial charge >= 0.3 is 5.97 Å². The van der Waals surface area contributed by atoms with E-state index in [0.717, 1.165) is 5.56 Å². The van der Waals surface area contributed by atoms with Crippen molar-refractivity contribution in [2.24, 2.45) is 5.10 Å². The number of carbonyl (C=O) groups is 2. The number of nitrogens with zero attached hydrogens (tertiary/aromatic N) is 2. The van der Waals surface area contributed by atoms with Gasteiger partial charge in [0.25, 0.3) is 5.91 Å². The summed E-state index contributed by atoms with van der Waals surface area (Å²) in [4.78, 5) is 24.6. The van der Waals surface area contributed by atoms with Gasteiger partial charge in [-0.3, -0.25) is 4.79 Å². The molecule has 0 aliphatic carbocycles. The van der Waals surface area contributed by atoms with E-state index in [2.05, 4.69) is 21.0 Å². The highest BCUT2D eigenvalue weighted by Crippen LogP contribution is 2.36. The van der Waals surface area contributed by atoms with Crippen LogP contribution in [0.2, 0.25) is 0 Å². The van der Waals surface area contributed by atoms with E-state index in [1.165, 1.54) is 5.01 Å². The van der Waals surface area contributed by atoms with Crippen LogP contribution in [0.25, 0.3) is 6.08 Å². The summed E-state index contributed by atoms with van der Waals surface area (Å²) >= 11 is 3.52. The highest BCUT2D eigenvalue weighted by Gasteiger charge is 2.29. The monoisotopic (exact) mass is 486 g/mol. The number of anilines is 1. The van der Waals surface area contributed by atoms with Gasteiger partial charge in [0.1, 0.15) is 0 Å². The van der Waals surface area contributed by atoms with Crippen molar-refractivity contribution in [3.8, 4) is 11.5 Å². The SMILES string of the molecule is CCOC(=O)COc1cc(Br)c(/C=C2\C(=O)N(c3ccccc3)N=C2C)cc1OCC. The van der Waals surface area contributed by atoms with Gasteiger partial charge in [0.2, 0.25) is 0 Å². The Balaban J connectivity index is 1.89. The quantitative estimate of drug-likeness (QED) is 0.402. The highest BCUT2D eigenvalue weighted by molar-refractivity contribution is 9.10. The van der Waals surface area contributed by atoms with E-state index in [9.17, 15) is 9.59 Å². The number of hydrogen-bond acceptors (Lipinski definition) is 6. The van der Waals surface area contributed by atoms with Crippen molar-refractivity contribution in [1.82, 2.24) is 0 Å². The smallest absolute Gasteiger partial charge is 0.344 e. The average Bonchev–Trinajstić information content (AvgIpc) is 3.04. The molecule has 0 radical (unpaired) electrons. The van der Waals surface area contributed by atoms with Gasteiger partial charge in [-0.15, -0.1) is 0 Å². The van der Waals surface area contributed by atoms with Gasteiger partial charge in [-0.25, -0.2) is 4.79 Å². The molecule has 1 aliphatic rings. The van der Waals surface area contributed by atoms with E-state index in [1.54, 1.807) is 32.1 Å². The zero-order valence-corrected chi connectivity index (χ0v) is 19.1. The molecule has 1 heterocycles. The van der Waals surface area contributed by atoms with Crippen LogP contribution in [0.5, 0.6) is 11.5 Å². The first kappa shape index (κ1) is 22.6. The van der Waals surface area contributed by atoms with Crippen molar-refractivity contribution in [2.75, 3.05) is 24.8 Å². The first-order chi connectivity index (χ1) is 14.9. The van der Waals surface area contributed by atoms with Crippen molar-refractivity contribution in [1.29, 1.82) is 0 Å². The van der Waals surface area contributed by atoms with Crippen LogP contribution in [-0.2, 0) is 14.3 Å². The molecule has 0 spiro atoms. The summed E-state index contributed by atoms with van der Waals surface area (Å²) in [7, 11) is 0. The summed E-state index contributed by atoms with van der Waals surface area (Å²) in [5.41, 5.74) is 2.51. The summed E-state index contributed by atoms with van der Waals surface area (Å²) in [5.74, 6) is 0.188. The van der Waals surface area contributed by atoms with Crippen LogP contribution in [0, 0.1) is 0 Å². The summed E-state index contributed by atoms with van der Waals surface area (Å²) in [5, 5.41) is 5.78. The number of ether oxygens (including phenoxy) is 3. The lowest BCUT2D eigenvalue weighted by molar-refractivity contribution is -0.145. The molecule has 2 aromatic rings. The van der Waals surface area contributed by atoms with E-state index in [0.29, 0.717) is 39.6 Å². The van der Waals surface area contributed by atoms with Gasteiger partial charge in [0.05, 0.1) is 30.2 Å². The minimum absolute atomic E-state index is 0.212. The minimum atomic E-state index is -0.461. The van der Waals surface area contributed by atoms with Gasteiger partial charge < -0.3 is 14.2 Å². The molecule has 0 unspecified atom stereocenters. The zero-order valence-electron chi connectivity index (χ0n) is 17.6. The molecule has 0 bridgehead atoms. The highest BCUT2D eigenvalue weighted by atomic mass is 79.9. The molecule has 31 heavy (non-hydrogen) atoms.